The van der Waals surface area contributed by atoms with Gasteiger partial charge in [-0.15, -0.1) is 22.5 Å². The molecule has 0 fully saturated rings. The summed E-state index contributed by atoms with van der Waals surface area (Å²) in [7, 11) is 0. The lowest BCUT2D eigenvalue weighted by molar-refractivity contribution is 0.785. The molecule has 1 rings (SSSR count). The molecule has 1 heterocycles. The summed E-state index contributed by atoms with van der Waals surface area (Å²) in [6.45, 7) is 0.822. The van der Waals surface area contributed by atoms with Crippen molar-refractivity contribution in [3.8, 4) is 18.4 Å². The van der Waals surface area contributed by atoms with Gasteiger partial charge in [0.25, 0.3) is 0 Å². The van der Waals surface area contributed by atoms with Gasteiger partial charge in [0.2, 0.25) is 0 Å². The Morgan fingerprint density at radius 1 is 1.33 bits per heavy atom. The molecule has 1 N–H and O–H groups in total. The van der Waals surface area contributed by atoms with Gasteiger partial charge in [-0.2, -0.15) is 5.26 Å². The van der Waals surface area contributed by atoms with Crippen LogP contribution >= 0.6 is 0 Å². The Bertz CT molecular complexity index is 369. The standard InChI is InChI=1S/C11H12N4/c1-2-3-4-5-8-13-11-7-6-10(9-12)14-15-11/h1,6-7H,3-5,8H2,(H,13,15). The van der Waals surface area contributed by atoms with E-state index in [-0.39, 0.29) is 0 Å². The van der Waals surface area contributed by atoms with Crippen LogP contribution in [0.1, 0.15) is 25.0 Å². The van der Waals surface area contributed by atoms with Crippen LogP contribution in [0.3, 0.4) is 0 Å². The van der Waals surface area contributed by atoms with Crippen LogP contribution in [0.5, 0.6) is 0 Å². The largest absolute Gasteiger partial charge is 0.369 e. The third kappa shape index (κ3) is 4.10. The number of anilines is 1. The Morgan fingerprint density at radius 2 is 2.20 bits per heavy atom. The van der Waals surface area contributed by atoms with Crippen molar-refractivity contribution in [1.29, 1.82) is 5.26 Å². The minimum Gasteiger partial charge on any atom is -0.369 e. The lowest BCUT2D eigenvalue weighted by atomic mass is 10.2. The van der Waals surface area contributed by atoms with E-state index in [2.05, 4.69) is 21.4 Å². The lowest BCUT2D eigenvalue weighted by Gasteiger charge is -2.02. The Labute approximate surface area is 89.3 Å². The van der Waals surface area contributed by atoms with Gasteiger partial charge in [0, 0.05) is 13.0 Å². The van der Waals surface area contributed by atoms with Crippen LogP contribution in [-0.2, 0) is 0 Å². The van der Waals surface area contributed by atoms with Crippen molar-refractivity contribution in [3.05, 3.63) is 17.8 Å². The van der Waals surface area contributed by atoms with Gasteiger partial charge in [-0.1, -0.05) is 0 Å². The zero-order valence-corrected chi connectivity index (χ0v) is 8.40. The minimum atomic E-state index is 0.327. The molecule has 15 heavy (non-hydrogen) atoms. The average Bonchev–Trinajstić information content (AvgIpc) is 2.30. The van der Waals surface area contributed by atoms with Crippen molar-refractivity contribution < 1.29 is 0 Å². The van der Waals surface area contributed by atoms with Gasteiger partial charge in [0.15, 0.2) is 5.69 Å². The molecular weight excluding hydrogens is 188 g/mol. The van der Waals surface area contributed by atoms with Gasteiger partial charge >= 0.3 is 0 Å². The van der Waals surface area contributed by atoms with Crippen molar-refractivity contribution in [2.45, 2.75) is 19.3 Å². The van der Waals surface area contributed by atoms with Crippen LogP contribution in [0.15, 0.2) is 12.1 Å². The van der Waals surface area contributed by atoms with E-state index in [1.807, 2.05) is 6.07 Å². The first-order chi connectivity index (χ1) is 7.36. The molecule has 76 valence electrons. The average molecular weight is 200 g/mol. The van der Waals surface area contributed by atoms with Crippen LogP contribution in [-0.4, -0.2) is 16.7 Å². The number of nitrogens with zero attached hydrogens (tertiary/aromatic N) is 3. The van der Waals surface area contributed by atoms with Crippen molar-refractivity contribution in [2.24, 2.45) is 0 Å². The van der Waals surface area contributed by atoms with E-state index in [0.717, 1.165) is 25.8 Å². The Morgan fingerprint density at radius 3 is 2.80 bits per heavy atom. The van der Waals surface area contributed by atoms with Crippen molar-refractivity contribution in [3.63, 3.8) is 0 Å². The number of rotatable bonds is 5. The van der Waals surface area contributed by atoms with Crippen molar-refractivity contribution in [1.82, 2.24) is 10.2 Å². The fourth-order valence-corrected chi connectivity index (χ4v) is 1.05. The molecule has 4 heteroatoms. The van der Waals surface area contributed by atoms with E-state index in [1.165, 1.54) is 0 Å². The summed E-state index contributed by atoms with van der Waals surface area (Å²) in [6.07, 6.45) is 7.95. The third-order valence-corrected chi connectivity index (χ3v) is 1.83. The van der Waals surface area contributed by atoms with Gasteiger partial charge in [0.05, 0.1) is 0 Å². The number of aromatic nitrogens is 2. The molecule has 4 nitrogen and oxygen atoms in total. The maximum Gasteiger partial charge on any atom is 0.163 e. The molecule has 0 bridgehead atoms. The van der Waals surface area contributed by atoms with Crippen LogP contribution in [0.25, 0.3) is 0 Å². The van der Waals surface area contributed by atoms with E-state index in [1.54, 1.807) is 12.1 Å². The summed E-state index contributed by atoms with van der Waals surface area (Å²) in [5.74, 6) is 3.28. The molecule has 1 aromatic heterocycles. The first kappa shape index (κ1) is 11.0. The highest BCUT2D eigenvalue weighted by molar-refractivity contribution is 5.34. The second-order valence-electron chi connectivity index (χ2n) is 3.00. The highest BCUT2D eigenvalue weighted by Crippen LogP contribution is 2.02. The molecule has 0 aromatic carbocycles. The van der Waals surface area contributed by atoms with E-state index in [0.29, 0.717) is 11.5 Å². The lowest BCUT2D eigenvalue weighted by Crippen LogP contribution is -2.04. The van der Waals surface area contributed by atoms with Crippen LogP contribution in [0.2, 0.25) is 0 Å². The monoisotopic (exact) mass is 200 g/mol. The molecule has 1 aromatic rings. The van der Waals surface area contributed by atoms with E-state index < -0.39 is 0 Å². The topological polar surface area (TPSA) is 61.6 Å². The maximum atomic E-state index is 8.51. The number of hydrogen-bond acceptors (Lipinski definition) is 4. The zero-order valence-electron chi connectivity index (χ0n) is 8.40. The molecule has 0 amide bonds. The molecular formula is C11H12N4. The summed E-state index contributed by atoms with van der Waals surface area (Å²) < 4.78 is 0. The molecule has 0 aliphatic heterocycles. The summed E-state index contributed by atoms with van der Waals surface area (Å²) in [4.78, 5) is 0. The molecule has 0 saturated carbocycles. The second kappa shape index (κ2) is 6.39. The number of nitrogens with one attached hydrogen (secondary N) is 1. The van der Waals surface area contributed by atoms with Crippen molar-refractivity contribution >= 4 is 5.82 Å². The van der Waals surface area contributed by atoms with E-state index in [9.17, 15) is 0 Å². The van der Waals surface area contributed by atoms with Gasteiger partial charge in [-0.25, -0.2) is 0 Å². The summed E-state index contributed by atoms with van der Waals surface area (Å²) in [5, 5.41) is 19.2. The normalized spacial score (nSPS) is 8.93. The highest BCUT2D eigenvalue weighted by atomic mass is 15.2. The number of hydrogen-bond donors (Lipinski definition) is 1. The number of unbranched alkanes of at least 4 members (excludes halogenated alkanes) is 2. The molecule has 0 spiro atoms. The van der Waals surface area contributed by atoms with Gasteiger partial charge in [-0.3, -0.25) is 0 Å². The Hall–Kier alpha value is -2.07. The third-order valence-electron chi connectivity index (χ3n) is 1.83. The molecule has 0 unspecified atom stereocenters. The molecule has 0 saturated heterocycles. The van der Waals surface area contributed by atoms with Gasteiger partial charge < -0.3 is 5.32 Å². The Balaban J connectivity index is 2.27. The first-order valence-electron chi connectivity index (χ1n) is 4.78. The van der Waals surface area contributed by atoms with Crippen LogP contribution in [0.4, 0.5) is 5.82 Å². The Kier molecular flexibility index (Phi) is 4.69. The highest BCUT2D eigenvalue weighted by Gasteiger charge is 1.95. The minimum absolute atomic E-state index is 0.327. The fourth-order valence-electron chi connectivity index (χ4n) is 1.05. The zero-order chi connectivity index (χ0) is 10.9. The summed E-state index contributed by atoms with van der Waals surface area (Å²) in [5.41, 5.74) is 0.327. The predicted molar refractivity (Wildman–Crippen MR) is 57.9 cm³/mol. The maximum absolute atomic E-state index is 8.51. The van der Waals surface area contributed by atoms with Crippen LogP contribution < -0.4 is 5.32 Å². The SMILES string of the molecule is C#CCCCCNc1ccc(C#N)nn1. The smallest absolute Gasteiger partial charge is 0.163 e. The van der Waals surface area contributed by atoms with Gasteiger partial charge in [-0.05, 0) is 25.0 Å². The van der Waals surface area contributed by atoms with E-state index in [4.69, 9.17) is 11.7 Å². The predicted octanol–water partition coefficient (Wildman–Crippen LogP) is 1.56. The number of nitriles is 1. The molecule has 0 aliphatic rings. The quantitative estimate of drug-likeness (QED) is 0.578. The molecule has 0 aliphatic carbocycles. The second-order valence-corrected chi connectivity index (χ2v) is 3.00. The van der Waals surface area contributed by atoms with Crippen molar-refractivity contribution in [2.75, 3.05) is 11.9 Å². The van der Waals surface area contributed by atoms with Gasteiger partial charge in [0.1, 0.15) is 11.9 Å². The molecule has 0 radical (unpaired) electrons. The molecule has 0 atom stereocenters. The van der Waals surface area contributed by atoms with E-state index >= 15 is 0 Å². The first-order valence-corrected chi connectivity index (χ1v) is 4.78. The summed E-state index contributed by atoms with van der Waals surface area (Å²) >= 11 is 0. The fraction of sp³-hybridized carbons (Fsp3) is 0.364. The summed E-state index contributed by atoms with van der Waals surface area (Å²) in [6, 6.07) is 5.29. The number of terminal acetylenes is 1. The van der Waals surface area contributed by atoms with Crippen LogP contribution in [0, 0.1) is 23.7 Å².